The Balaban J connectivity index is 1.44. The van der Waals surface area contributed by atoms with Gasteiger partial charge in [-0.15, -0.1) is 11.3 Å². The predicted octanol–water partition coefficient (Wildman–Crippen LogP) is 4.41. The Morgan fingerprint density at radius 3 is 2.55 bits per heavy atom. The van der Waals surface area contributed by atoms with E-state index in [4.69, 9.17) is 0 Å². The highest BCUT2D eigenvalue weighted by Crippen LogP contribution is 2.27. The smallest absolute Gasteiger partial charge is 0.257 e. The SMILES string of the molecule is CN(C1CCCCC1)S(=O)(=O)c1ccc(C(=O)Nc2nc(-c3cccnc3)cs2)cc1. The van der Waals surface area contributed by atoms with Crippen molar-refractivity contribution in [2.75, 3.05) is 12.4 Å². The maximum atomic E-state index is 13.0. The molecule has 2 aromatic heterocycles. The minimum Gasteiger partial charge on any atom is -0.298 e. The van der Waals surface area contributed by atoms with Gasteiger partial charge < -0.3 is 0 Å². The molecular formula is C22H24N4O3S2. The number of carbonyl (C=O) groups is 1. The molecule has 0 spiro atoms. The van der Waals surface area contributed by atoms with Gasteiger partial charge in [0.15, 0.2) is 5.13 Å². The number of anilines is 1. The van der Waals surface area contributed by atoms with Crippen LogP contribution in [0.15, 0.2) is 59.1 Å². The minimum atomic E-state index is -3.58. The van der Waals surface area contributed by atoms with Crippen LogP contribution in [0.5, 0.6) is 0 Å². The maximum absolute atomic E-state index is 13.0. The van der Waals surface area contributed by atoms with Crippen molar-refractivity contribution in [3.05, 3.63) is 59.7 Å². The molecule has 7 nitrogen and oxygen atoms in total. The lowest BCUT2D eigenvalue weighted by Gasteiger charge is -2.30. The van der Waals surface area contributed by atoms with Crippen LogP contribution in [0.3, 0.4) is 0 Å². The molecule has 1 aliphatic rings. The van der Waals surface area contributed by atoms with Crippen molar-refractivity contribution in [1.29, 1.82) is 0 Å². The topological polar surface area (TPSA) is 92.3 Å². The second-order valence-corrected chi connectivity index (χ2v) is 10.4. The number of hydrogen-bond acceptors (Lipinski definition) is 6. The van der Waals surface area contributed by atoms with Crippen LogP contribution in [-0.2, 0) is 10.0 Å². The molecule has 31 heavy (non-hydrogen) atoms. The lowest BCUT2D eigenvalue weighted by Crippen LogP contribution is -2.38. The third-order valence-electron chi connectivity index (χ3n) is 5.56. The molecule has 1 saturated carbocycles. The fourth-order valence-corrected chi connectivity index (χ4v) is 5.86. The van der Waals surface area contributed by atoms with Crippen LogP contribution >= 0.6 is 11.3 Å². The number of amides is 1. The summed E-state index contributed by atoms with van der Waals surface area (Å²) in [5.74, 6) is -0.336. The third-order valence-corrected chi connectivity index (χ3v) is 8.25. The minimum absolute atomic E-state index is 0.0423. The molecule has 2 heterocycles. The molecule has 0 bridgehead atoms. The van der Waals surface area contributed by atoms with E-state index in [-0.39, 0.29) is 16.8 Å². The molecule has 0 unspecified atom stereocenters. The van der Waals surface area contributed by atoms with Gasteiger partial charge in [0.05, 0.1) is 10.6 Å². The van der Waals surface area contributed by atoms with E-state index < -0.39 is 10.0 Å². The highest BCUT2D eigenvalue weighted by Gasteiger charge is 2.29. The highest BCUT2D eigenvalue weighted by molar-refractivity contribution is 7.89. The van der Waals surface area contributed by atoms with E-state index in [1.165, 1.54) is 39.9 Å². The number of nitrogens with zero attached hydrogens (tertiary/aromatic N) is 3. The van der Waals surface area contributed by atoms with E-state index >= 15 is 0 Å². The molecule has 0 aliphatic heterocycles. The number of benzene rings is 1. The Morgan fingerprint density at radius 2 is 1.87 bits per heavy atom. The quantitative estimate of drug-likeness (QED) is 0.593. The third kappa shape index (κ3) is 4.84. The number of pyridine rings is 1. The average Bonchev–Trinajstić information content (AvgIpc) is 3.28. The summed E-state index contributed by atoms with van der Waals surface area (Å²) in [6, 6.07) is 9.82. The zero-order chi connectivity index (χ0) is 21.8. The van der Waals surface area contributed by atoms with Gasteiger partial charge in [0.2, 0.25) is 10.0 Å². The lowest BCUT2D eigenvalue weighted by atomic mass is 9.96. The van der Waals surface area contributed by atoms with Crippen molar-refractivity contribution in [1.82, 2.24) is 14.3 Å². The Kier molecular flexibility index (Phi) is 6.45. The highest BCUT2D eigenvalue weighted by atomic mass is 32.2. The maximum Gasteiger partial charge on any atom is 0.257 e. The Morgan fingerprint density at radius 1 is 1.13 bits per heavy atom. The predicted molar refractivity (Wildman–Crippen MR) is 122 cm³/mol. The van der Waals surface area contributed by atoms with Crippen LogP contribution in [0.1, 0.15) is 42.5 Å². The molecule has 0 atom stereocenters. The molecule has 0 saturated heterocycles. The first-order chi connectivity index (χ1) is 14.9. The second-order valence-electron chi connectivity index (χ2n) is 7.57. The monoisotopic (exact) mass is 456 g/mol. The van der Waals surface area contributed by atoms with Crippen molar-refractivity contribution < 1.29 is 13.2 Å². The van der Waals surface area contributed by atoms with Gasteiger partial charge >= 0.3 is 0 Å². The first-order valence-corrected chi connectivity index (χ1v) is 12.5. The van der Waals surface area contributed by atoms with Gasteiger partial charge in [-0.1, -0.05) is 19.3 Å². The number of sulfonamides is 1. The van der Waals surface area contributed by atoms with Gasteiger partial charge in [0.25, 0.3) is 5.91 Å². The Labute approximate surface area is 186 Å². The molecule has 1 amide bonds. The summed E-state index contributed by atoms with van der Waals surface area (Å²) < 4.78 is 27.4. The van der Waals surface area contributed by atoms with Crippen LogP contribution in [0, 0.1) is 0 Å². The molecule has 1 aromatic carbocycles. The zero-order valence-electron chi connectivity index (χ0n) is 17.2. The van der Waals surface area contributed by atoms with Gasteiger partial charge in [0, 0.05) is 42.0 Å². The zero-order valence-corrected chi connectivity index (χ0v) is 18.8. The van der Waals surface area contributed by atoms with Gasteiger partial charge in [0.1, 0.15) is 0 Å². The number of hydrogen-bond donors (Lipinski definition) is 1. The molecule has 3 aromatic rings. The van der Waals surface area contributed by atoms with Gasteiger partial charge in [-0.2, -0.15) is 4.31 Å². The Hall–Kier alpha value is -2.62. The summed E-state index contributed by atoms with van der Waals surface area (Å²) in [6.45, 7) is 0. The fraction of sp³-hybridized carbons (Fsp3) is 0.318. The van der Waals surface area contributed by atoms with Crippen molar-refractivity contribution in [2.24, 2.45) is 0 Å². The number of thiazole rings is 1. The molecular weight excluding hydrogens is 432 g/mol. The van der Waals surface area contributed by atoms with Crippen LogP contribution in [-0.4, -0.2) is 41.7 Å². The number of rotatable bonds is 6. The number of aromatic nitrogens is 2. The van der Waals surface area contributed by atoms with Crippen molar-refractivity contribution >= 4 is 32.4 Å². The van der Waals surface area contributed by atoms with E-state index in [1.807, 2.05) is 17.5 Å². The Bertz CT molecular complexity index is 1140. The standard InChI is InChI=1S/C22H24N4O3S2/c1-26(18-7-3-2-4-8-18)31(28,29)19-11-9-16(10-12-19)21(27)25-22-24-20(15-30-22)17-6-5-13-23-14-17/h5-6,9-15,18H,2-4,7-8H2,1H3,(H,24,25,27). The molecule has 9 heteroatoms. The summed E-state index contributed by atoms with van der Waals surface area (Å²) in [5, 5.41) is 5.09. The van der Waals surface area contributed by atoms with E-state index in [0.717, 1.165) is 43.4 Å². The van der Waals surface area contributed by atoms with Gasteiger partial charge in [-0.05, 0) is 49.2 Å². The molecule has 1 aliphatic carbocycles. The molecule has 0 radical (unpaired) electrons. The van der Waals surface area contributed by atoms with E-state index in [1.54, 1.807) is 19.4 Å². The van der Waals surface area contributed by atoms with Crippen molar-refractivity contribution in [3.8, 4) is 11.3 Å². The number of nitrogens with one attached hydrogen (secondary N) is 1. The summed E-state index contributed by atoms with van der Waals surface area (Å²) in [6.07, 6.45) is 8.47. The van der Waals surface area contributed by atoms with E-state index in [2.05, 4.69) is 15.3 Å². The summed E-state index contributed by atoms with van der Waals surface area (Å²) >= 11 is 1.32. The normalized spacial score (nSPS) is 15.2. The van der Waals surface area contributed by atoms with Gasteiger partial charge in [-0.25, -0.2) is 13.4 Å². The first kappa shape index (κ1) is 21.6. The largest absolute Gasteiger partial charge is 0.298 e. The fourth-order valence-electron chi connectivity index (χ4n) is 3.73. The van der Waals surface area contributed by atoms with Crippen molar-refractivity contribution in [3.63, 3.8) is 0 Å². The van der Waals surface area contributed by atoms with E-state index in [9.17, 15) is 13.2 Å². The average molecular weight is 457 g/mol. The number of carbonyl (C=O) groups excluding carboxylic acids is 1. The van der Waals surface area contributed by atoms with Crippen LogP contribution < -0.4 is 5.32 Å². The first-order valence-electron chi connectivity index (χ1n) is 10.2. The second kappa shape index (κ2) is 9.25. The van der Waals surface area contributed by atoms with Crippen LogP contribution in [0.4, 0.5) is 5.13 Å². The molecule has 4 rings (SSSR count). The van der Waals surface area contributed by atoms with Gasteiger partial charge in [-0.3, -0.25) is 15.1 Å². The summed E-state index contributed by atoms with van der Waals surface area (Å²) in [7, 11) is -1.93. The van der Waals surface area contributed by atoms with E-state index in [0.29, 0.717) is 10.7 Å². The summed E-state index contributed by atoms with van der Waals surface area (Å²) in [4.78, 5) is 21.3. The van der Waals surface area contributed by atoms with Crippen LogP contribution in [0.2, 0.25) is 0 Å². The van der Waals surface area contributed by atoms with Crippen LogP contribution in [0.25, 0.3) is 11.3 Å². The lowest BCUT2D eigenvalue weighted by molar-refractivity contribution is 0.102. The molecule has 162 valence electrons. The summed E-state index contributed by atoms with van der Waals surface area (Å²) in [5.41, 5.74) is 1.98. The molecule has 1 N–H and O–H groups in total. The molecule has 1 fully saturated rings. The van der Waals surface area contributed by atoms with Crippen molar-refractivity contribution in [2.45, 2.75) is 43.0 Å².